The summed E-state index contributed by atoms with van der Waals surface area (Å²) in [7, 11) is 0. The molecule has 1 aromatic heterocycles. The summed E-state index contributed by atoms with van der Waals surface area (Å²) in [5, 5.41) is 4.72. The maximum Gasteiger partial charge on any atom is 0.103 e. The highest BCUT2D eigenvalue weighted by Gasteiger charge is 2.27. The van der Waals surface area contributed by atoms with Crippen molar-refractivity contribution in [2.45, 2.75) is 52.5 Å². The van der Waals surface area contributed by atoms with Crippen molar-refractivity contribution in [2.75, 3.05) is 6.54 Å². The summed E-state index contributed by atoms with van der Waals surface area (Å²) in [6.07, 6.45) is 2.17. The van der Waals surface area contributed by atoms with Crippen LogP contribution in [0.25, 0.3) is 0 Å². The van der Waals surface area contributed by atoms with Crippen LogP contribution < -0.4 is 5.32 Å². The number of aromatic nitrogens is 1. The molecule has 0 spiro atoms. The lowest BCUT2D eigenvalue weighted by molar-refractivity contribution is 0.631. The Morgan fingerprint density at radius 1 is 1.14 bits per heavy atom. The van der Waals surface area contributed by atoms with E-state index in [1.165, 1.54) is 27.6 Å². The molecule has 0 amide bonds. The smallest absolute Gasteiger partial charge is 0.103 e. The Morgan fingerprint density at radius 2 is 1.86 bits per heavy atom. The highest BCUT2D eigenvalue weighted by Crippen LogP contribution is 2.35. The molecule has 3 heteroatoms. The van der Waals surface area contributed by atoms with Gasteiger partial charge in [0.25, 0.3) is 0 Å². The molecule has 0 aliphatic rings. The van der Waals surface area contributed by atoms with E-state index >= 15 is 0 Å². The molecular formula is C18H26N2S. The van der Waals surface area contributed by atoms with Crippen molar-refractivity contribution >= 4 is 11.3 Å². The van der Waals surface area contributed by atoms with E-state index in [2.05, 4.69) is 63.3 Å². The highest BCUT2D eigenvalue weighted by molar-refractivity contribution is 7.12. The number of aryl methyl sites for hydroxylation is 1. The SMILES string of the molecule is CCCNCc1sc(C(C)(C)c2ccccc2)nc1CC. The maximum atomic E-state index is 4.93. The molecule has 2 nitrogen and oxygen atoms in total. The lowest BCUT2D eigenvalue weighted by Crippen LogP contribution is -2.18. The van der Waals surface area contributed by atoms with E-state index < -0.39 is 0 Å². The van der Waals surface area contributed by atoms with E-state index in [1.54, 1.807) is 0 Å². The second-order valence-corrected chi connectivity index (χ2v) is 6.99. The standard InChI is InChI=1S/C18H26N2S/c1-5-12-19-13-16-15(6-2)20-17(21-16)18(3,4)14-10-8-7-9-11-14/h7-11,19H,5-6,12-13H2,1-4H3. The quantitative estimate of drug-likeness (QED) is 0.760. The Kier molecular flexibility index (Phi) is 5.54. The minimum atomic E-state index is -0.0289. The van der Waals surface area contributed by atoms with Gasteiger partial charge < -0.3 is 5.32 Å². The molecule has 1 N–H and O–H groups in total. The summed E-state index contributed by atoms with van der Waals surface area (Å²) in [5.74, 6) is 0. The predicted molar refractivity (Wildman–Crippen MR) is 92.1 cm³/mol. The minimum absolute atomic E-state index is 0.0289. The van der Waals surface area contributed by atoms with Crippen molar-refractivity contribution in [3.8, 4) is 0 Å². The predicted octanol–water partition coefficient (Wildman–Crippen LogP) is 4.53. The zero-order chi connectivity index (χ0) is 15.3. The molecule has 0 unspecified atom stereocenters. The number of benzene rings is 1. The summed E-state index contributed by atoms with van der Waals surface area (Å²) < 4.78 is 0. The second kappa shape index (κ2) is 7.19. The van der Waals surface area contributed by atoms with Crippen LogP contribution >= 0.6 is 11.3 Å². The number of rotatable bonds is 7. The third-order valence-corrected chi connectivity index (χ3v) is 5.28. The summed E-state index contributed by atoms with van der Waals surface area (Å²) in [5.41, 5.74) is 2.55. The fourth-order valence-corrected chi connectivity index (χ4v) is 3.67. The molecule has 1 aromatic carbocycles. The molecule has 2 rings (SSSR count). The normalized spacial score (nSPS) is 11.8. The molecule has 0 aliphatic carbocycles. The fourth-order valence-electron chi connectivity index (χ4n) is 2.42. The minimum Gasteiger partial charge on any atom is -0.312 e. The van der Waals surface area contributed by atoms with Gasteiger partial charge in [0.05, 0.1) is 5.69 Å². The van der Waals surface area contributed by atoms with Crippen LogP contribution in [0.15, 0.2) is 30.3 Å². The molecule has 0 fully saturated rings. The van der Waals surface area contributed by atoms with Crippen molar-refractivity contribution in [2.24, 2.45) is 0 Å². The van der Waals surface area contributed by atoms with Crippen LogP contribution in [0.4, 0.5) is 0 Å². The van der Waals surface area contributed by atoms with Crippen LogP contribution in [0.1, 0.15) is 55.3 Å². The van der Waals surface area contributed by atoms with Gasteiger partial charge in [-0.1, -0.05) is 44.2 Å². The van der Waals surface area contributed by atoms with Gasteiger partial charge >= 0.3 is 0 Å². The first-order valence-corrected chi connectivity index (χ1v) is 8.66. The van der Waals surface area contributed by atoms with Crippen molar-refractivity contribution < 1.29 is 0 Å². The lowest BCUT2D eigenvalue weighted by atomic mass is 9.85. The number of thiazole rings is 1. The molecule has 21 heavy (non-hydrogen) atoms. The zero-order valence-electron chi connectivity index (χ0n) is 13.6. The maximum absolute atomic E-state index is 4.93. The molecule has 0 atom stereocenters. The molecule has 1 heterocycles. The van der Waals surface area contributed by atoms with Crippen LogP contribution in [-0.4, -0.2) is 11.5 Å². The highest BCUT2D eigenvalue weighted by atomic mass is 32.1. The van der Waals surface area contributed by atoms with Gasteiger partial charge in [0.1, 0.15) is 5.01 Å². The number of hydrogen-bond donors (Lipinski definition) is 1. The molecule has 0 aliphatic heterocycles. The van der Waals surface area contributed by atoms with Crippen LogP contribution in [0.5, 0.6) is 0 Å². The first kappa shape index (κ1) is 16.2. The Morgan fingerprint density at radius 3 is 2.48 bits per heavy atom. The van der Waals surface area contributed by atoms with E-state index in [9.17, 15) is 0 Å². The van der Waals surface area contributed by atoms with E-state index in [0.717, 1.165) is 19.5 Å². The monoisotopic (exact) mass is 302 g/mol. The second-order valence-electron chi connectivity index (χ2n) is 5.91. The average Bonchev–Trinajstić information content (AvgIpc) is 2.92. The molecule has 0 saturated heterocycles. The third-order valence-electron chi connectivity index (χ3n) is 3.86. The van der Waals surface area contributed by atoms with Crippen LogP contribution in [0.3, 0.4) is 0 Å². The van der Waals surface area contributed by atoms with E-state index in [0.29, 0.717) is 0 Å². The van der Waals surface area contributed by atoms with Gasteiger partial charge in [-0.25, -0.2) is 4.98 Å². The van der Waals surface area contributed by atoms with Crippen molar-refractivity contribution in [3.05, 3.63) is 51.5 Å². The van der Waals surface area contributed by atoms with Gasteiger partial charge in [-0.15, -0.1) is 11.3 Å². The van der Waals surface area contributed by atoms with Gasteiger partial charge in [0.15, 0.2) is 0 Å². The summed E-state index contributed by atoms with van der Waals surface area (Å²) in [6, 6.07) is 10.7. The molecule has 0 radical (unpaired) electrons. The third kappa shape index (κ3) is 3.72. The molecular weight excluding hydrogens is 276 g/mol. The Bertz CT molecular complexity index is 558. The fraction of sp³-hybridized carbons (Fsp3) is 0.500. The Hall–Kier alpha value is -1.19. The number of hydrogen-bond acceptors (Lipinski definition) is 3. The average molecular weight is 302 g/mol. The van der Waals surface area contributed by atoms with Gasteiger partial charge in [-0.05, 0) is 38.8 Å². The summed E-state index contributed by atoms with van der Waals surface area (Å²) >= 11 is 1.86. The Labute approximate surface area is 132 Å². The molecule has 0 saturated carbocycles. The largest absolute Gasteiger partial charge is 0.312 e. The van der Waals surface area contributed by atoms with Crippen molar-refractivity contribution in [1.82, 2.24) is 10.3 Å². The van der Waals surface area contributed by atoms with Gasteiger partial charge in [-0.2, -0.15) is 0 Å². The van der Waals surface area contributed by atoms with E-state index in [1.807, 2.05) is 11.3 Å². The van der Waals surface area contributed by atoms with Crippen molar-refractivity contribution in [1.29, 1.82) is 0 Å². The molecule has 114 valence electrons. The lowest BCUT2D eigenvalue weighted by Gasteiger charge is -2.22. The number of nitrogens with zero attached hydrogens (tertiary/aromatic N) is 1. The van der Waals surface area contributed by atoms with Crippen LogP contribution in [-0.2, 0) is 18.4 Å². The summed E-state index contributed by atoms with van der Waals surface area (Å²) in [6.45, 7) is 10.9. The first-order valence-electron chi connectivity index (χ1n) is 7.84. The topological polar surface area (TPSA) is 24.9 Å². The number of nitrogens with one attached hydrogen (secondary N) is 1. The van der Waals surface area contributed by atoms with Crippen LogP contribution in [0.2, 0.25) is 0 Å². The van der Waals surface area contributed by atoms with Gasteiger partial charge in [-0.3, -0.25) is 0 Å². The van der Waals surface area contributed by atoms with Gasteiger partial charge in [0, 0.05) is 16.8 Å². The molecule has 0 bridgehead atoms. The molecule has 2 aromatic rings. The zero-order valence-corrected chi connectivity index (χ0v) is 14.4. The summed E-state index contributed by atoms with van der Waals surface area (Å²) in [4.78, 5) is 6.33. The first-order chi connectivity index (χ1) is 10.1. The van der Waals surface area contributed by atoms with E-state index in [-0.39, 0.29) is 5.41 Å². The van der Waals surface area contributed by atoms with Crippen LogP contribution in [0, 0.1) is 0 Å². The van der Waals surface area contributed by atoms with Crippen molar-refractivity contribution in [3.63, 3.8) is 0 Å². The van der Waals surface area contributed by atoms with E-state index in [4.69, 9.17) is 4.98 Å². The Balaban J connectivity index is 2.27. The van der Waals surface area contributed by atoms with Gasteiger partial charge in [0.2, 0.25) is 0 Å².